The first-order valence-electron chi connectivity index (χ1n) is 9.91. The molecule has 0 saturated carbocycles. The number of aromatic nitrogens is 1. The van der Waals surface area contributed by atoms with Gasteiger partial charge in [-0.05, 0) is 30.3 Å². The molecule has 0 saturated heterocycles. The highest BCUT2D eigenvalue weighted by Crippen LogP contribution is 2.32. The van der Waals surface area contributed by atoms with Crippen molar-refractivity contribution in [3.63, 3.8) is 0 Å². The maximum absolute atomic E-state index is 12.6. The van der Waals surface area contributed by atoms with E-state index in [9.17, 15) is 13.6 Å². The lowest BCUT2D eigenvalue weighted by atomic mass is 10.0. The van der Waals surface area contributed by atoms with Crippen LogP contribution in [0.3, 0.4) is 0 Å². The number of benzene rings is 2. The molecule has 0 bridgehead atoms. The van der Waals surface area contributed by atoms with Crippen LogP contribution < -0.4 is 14.2 Å². The van der Waals surface area contributed by atoms with Crippen LogP contribution in [0.4, 0.5) is 8.78 Å². The van der Waals surface area contributed by atoms with Crippen LogP contribution in [0.5, 0.6) is 17.2 Å². The summed E-state index contributed by atoms with van der Waals surface area (Å²) in [7, 11) is 1.55. The minimum atomic E-state index is -2.62. The molecule has 3 aromatic rings. The standard InChI is InChI=1S/C24H23F2NO5/c1-3-12-30-22-13-16(8-11-21(22)29-2)24-27-17(14-32-24)9-10-19(28)18-6-4-5-7-20(18)31-15-23(25)26/h3-8,11,13-14,23H,1,9-10,12,15H2,2H3. The van der Waals surface area contributed by atoms with Gasteiger partial charge in [0, 0.05) is 18.4 Å². The van der Waals surface area contributed by atoms with Crippen LogP contribution in [0, 0.1) is 0 Å². The summed E-state index contributed by atoms with van der Waals surface area (Å²) in [5, 5.41) is 0. The van der Waals surface area contributed by atoms with Gasteiger partial charge in [-0.25, -0.2) is 13.8 Å². The number of para-hydroxylation sites is 1. The van der Waals surface area contributed by atoms with Crippen molar-refractivity contribution in [2.75, 3.05) is 20.3 Å². The zero-order chi connectivity index (χ0) is 22.9. The topological polar surface area (TPSA) is 70.8 Å². The third-order valence-corrected chi connectivity index (χ3v) is 4.48. The Bertz CT molecular complexity index is 1060. The minimum absolute atomic E-state index is 0.122. The van der Waals surface area contributed by atoms with Crippen molar-refractivity contribution in [3.8, 4) is 28.7 Å². The van der Waals surface area contributed by atoms with E-state index in [-0.39, 0.29) is 23.5 Å². The number of hydrogen-bond donors (Lipinski definition) is 0. The second kappa shape index (κ2) is 11.1. The largest absolute Gasteiger partial charge is 0.493 e. The molecule has 168 valence electrons. The molecule has 0 N–H and O–H groups in total. The fourth-order valence-electron chi connectivity index (χ4n) is 2.98. The molecule has 0 amide bonds. The van der Waals surface area contributed by atoms with Crippen molar-refractivity contribution in [2.45, 2.75) is 19.3 Å². The van der Waals surface area contributed by atoms with Gasteiger partial charge < -0.3 is 18.6 Å². The number of methoxy groups -OCH3 is 1. The van der Waals surface area contributed by atoms with E-state index >= 15 is 0 Å². The molecule has 0 aliphatic carbocycles. The summed E-state index contributed by atoms with van der Waals surface area (Å²) >= 11 is 0. The molecule has 0 aliphatic rings. The molecule has 32 heavy (non-hydrogen) atoms. The van der Waals surface area contributed by atoms with Crippen molar-refractivity contribution in [1.82, 2.24) is 4.98 Å². The van der Waals surface area contributed by atoms with E-state index in [0.29, 0.717) is 41.7 Å². The quantitative estimate of drug-likeness (QED) is 0.277. The summed E-state index contributed by atoms with van der Waals surface area (Å²) < 4.78 is 46.4. The highest BCUT2D eigenvalue weighted by Gasteiger charge is 2.16. The zero-order valence-electron chi connectivity index (χ0n) is 17.6. The number of ether oxygens (including phenoxy) is 3. The van der Waals surface area contributed by atoms with Crippen molar-refractivity contribution in [3.05, 3.63) is 72.6 Å². The molecule has 0 aliphatic heterocycles. The Kier molecular flexibility index (Phi) is 7.96. The van der Waals surface area contributed by atoms with Crippen molar-refractivity contribution < 1.29 is 32.2 Å². The van der Waals surface area contributed by atoms with E-state index in [1.807, 2.05) is 0 Å². The van der Waals surface area contributed by atoms with E-state index in [4.69, 9.17) is 18.6 Å². The summed E-state index contributed by atoms with van der Waals surface area (Å²) in [4.78, 5) is 17.1. The maximum atomic E-state index is 12.6. The fraction of sp³-hybridized carbons (Fsp3) is 0.250. The molecule has 0 radical (unpaired) electrons. The van der Waals surface area contributed by atoms with Gasteiger partial charge in [-0.2, -0.15) is 0 Å². The third-order valence-electron chi connectivity index (χ3n) is 4.48. The Morgan fingerprint density at radius 2 is 1.97 bits per heavy atom. The van der Waals surface area contributed by atoms with Crippen LogP contribution in [0.1, 0.15) is 22.5 Å². The zero-order valence-corrected chi connectivity index (χ0v) is 17.6. The number of alkyl halides is 2. The number of oxazole rings is 1. The molecule has 0 atom stereocenters. The van der Waals surface area contributed by atoms with Gasteiger partial charge >= 0.3 is 0 Å². The Hall–Kier alpha value is -3.68. The van der Waals surface area contributed by atoms with Crippen LogP contribution in [0.15, 0.2) is 65.8 Å². The number of rotatable bonds is 12. The molecule has 8 heteroatoms. The third kappa shape index (κ3) is 5.94. The highest BCUT2D eigenvalue weighted by molar-refractivity contribution is 5.98. The van der Waals surface area contributed by atoms with Crippen molar-refractivity contribution in [1.29, 1.82) is 0 Å². The Labute approximate surface area is 184 Å². The molecule has 0 fully saturated rings. The van der Waals surface area contributed by atoms with Gasteiger partial charge in [0.15, 0.2) is 17.3 Å². The van der Waals surface area contributed by atoms with Crippen LogP contribution in [-0.2, 0) is 6.42 Å². The molecule has 0 spiro atoms. The van der Waals surface area contributed by atoms with Gasteiger partial charge in [0.2, 0.25) is 5.89 Å². The fourth-order valence-corrected chi connectivity index (χ4v) is 2.98. The first kappa shape index (κ1) is 23.0. The first-order valence-corrected chi connectivity index (χ1v) is 9.91. The van der Waals surface area contributed by atoms with Crippen LogP contribution >= 0.6 is 0 Å². The summed E-state index contributed by atoms with van der Waals surface area (Å²) in [5.74, 6) is 1.38. The summed E-state index contributed by atoms with van der Waals surface area (Å²) in [5.41, 5.74) is 1.54. The summed E-state index contributed by atoms with van der Waals surface area (Å²) in [6.07, 6.45) is 0.936. The monoisotopic (exact) mass is 443 g/mol. The van der Waals surface area contributed by atoms with E-state index in [1.165, 1.54) is 12.3 Å². The first-order chi connectivity index (χ1) is 15.5. The molecule has 3 rings (SSSR count). The maximum Gasteiger partial charge on any atom is 0.272 e. The summed E-state index contributed by atoms with van der Waals surface area (Å²) in [6.45, 7) is 3.18. The van der Waals surface area contributed by atoms with Gasteiger partial charge in [-0.3, -0.25) is 4.79 Å². The second-order valence-corrected chi connectivity index (χ2v) is 6.73. The molecule has 1 aromatic heterocycles. The van der Waals surface area contributed by atoms with Crippen molar-refractivity contribution in [2.24, 2.45) is 0 Å². The lowest BCUT2D eigenvalue weighted by Gasteiger charge is -2.10. The smallest absolute Gasteiger partial charge is 0.272 e. The number of Topliss-reactive ketones (excluding diaryl/α,β-unsaturated/α-hetero) is 1. The summed E-state index contributed by atoms with van der Waals surface area (Å²) in [6, 6.07) is 11.6. The lowest BCUT2D eigenvalue weighted by molar-refractivity contribution is 0.0799. The van der Waals surface area contributed by atoms with Gasteiger partial charge in [-0.15, -0.1) is 0 Å². The van der Waals surface area contributed by atoms with Crippen LogP contribution in [0.2, 0.25) is 0 Å². The number of carbonyl (C=O) groups is 1. The SMILES string of the molecule is C=CCOc1cc(-c2nc(CCC(=O)c3ccccc3OCC(F)F)co2)ccc1OC. The normalized spacial score (nSPS) is 10.8. The average molecular weight is 443 g/mol. The Morgan fingerprint density at radius 3 is 2.72 bits per heavy atom. The van der Waals surface area contributed by atoms with Gasteiger partial charge in [0.1, 0.15) is 25.2 Å². The van der Waals surface area contributed by atoms with E-state index in [2.05, 4.69) is 11.6 Å². The molecule has 1 heterocycles. The number of ketones is 1. The van der Waals surface area contributed by atoms with Crippen LogP contribution in [-0.4, -0.2) is 37.5 Å². The van der Waals surface area contributed by atoms with Gasteiger partial charge in [0.25, 0.3) is 6.43 Å². The van der Waals surface area contributed by atoms with E-state index in [0.717, 1.165) is 0 Å². The molecular formula is C24H23F2NO5. The molecular weight excluding hydrogens is 420 g/mol. The minimum Gasteiger partial charge on any atom is -0.493 e. The number of hydrogen-bond acceptors (Lipinski definition) is 6. The molecule has 2 aromatic carbocycles. The molecule has 6 nitrogen and oxygen atoms in total. The Morgan fingerprint density at radius 1 is 1.16 bits per heavy atom. The van der Waals surface area contributed by atoms with E-state index in [1.54, 1.807) is 49.6 Å². The number of carbonyl (C=O) groups excluding carboxylic acids is 1. The second-order valence-electron chi connectivity index (χ2n) is 6.73. The van der Waals surface area contributed by atoms with Gasteiger partial charge in [-0.1, -0.05) is 24.8 Å². The van der Waals surface area contributed by atoms with Crippen molar-refractivity contribution >= 4 is 5.78 Å². The number of aryl methyl sites for hydroxylation is 1. The lowest BCUT2D eigenvalue weighted by Crippen LogP contribution is -2.10. The van der Waals surface area contributed by atoms with E-state index < -0.39 is 13.0 Å². The predicted octanol–water partition coefficient (Wildman–Crippen LogP) is 5.37. The Balaban J connectivity index is 1.67. The molecule has 0 unspecified atom stereocenters. The van der Waals surface area contributed by atoms with Gasteiger partial charge in [0.05, 0.1) is 18.4 Å². The number of nitrogens with zero attached hydrogens (tertiary/aromatic N) is 1. The predicted molar refractivity (Wildman–Crippen MR) is 115 cm³/mol. The number of halogens is 2. The van der Waals surface area contributed by atoms with Crippen LogP contribution in [0.25, 0.3) is 11.5 Å². The highest BCUT2D eigenvalue weighted by atomic mass is 19.3. The average Bonchev–Trinajstić information content (AvgIpc) is 3.29.